The van der Waals surface area contributed by atoms with E-state index in [0.717, 1.165) is 62.1 Å². The second-order valence-corrected chi connectivity index (χ2v) is 11.4. The highest BCUT2D eigenvalue weighted by atomic mass is 16.5. The number of benzene rings is 2. The highest BCUT2D eigenvalue weighted by Gasteiger charge is 2.62. The fraction of sp³-hybridized carbons (Fsp3) is 0.483. The zero-order valence-corrected chi connectivity index (χ0v) is 20.5. The molecule has 5 fully saturated rings. The number of ether oxygens (including phenoxy) is 1. The molecule has 0 spiro atoms. The van der Waals surface area contributed by atoms with Gasteiger partial charge in [0.05, 0.1) is 22.9 Å². The lowest BCUT2D eigenvalue weighted by atomic mass is 9.75. The summed E-state index contributed by atoms with van der Waals surface area (Å²) in [6.07, 6.45) is 5.83. The van der Waals surface area contributed by atoms with E-state index in [1.165, 1.54) is 19.3 Å². The van der Waals surface area contributed by atoms with Crippen molar-refractivity contribution in [3.8, 4) is 5.75 Å². The zero-order valence-electron chi connectivity index (χ0n) is 20.5. The maximum absolute atomic E-state index is 13.3. The molecule has 2 unspecified atom stereocenters. The van der Waals surface area contributed by atoms with Gasteiger partial charge in [0.1, 0.15) is 11.6 Å². The number of piperazine rings is 1. The molecule has 2 atom stereocenters. The van der Waals surface area contributed by atoms with Crippen molar-refractivity contribution in [3.63, 3.8) is 0 Å². The number of hydrogen-bond acceptors (Lipinski definition) is 6. The van der Waals surface area contributed by atoms with Gasteiger partial charge in [-0.05, 0) is 74.1 Å². The third kappa shape index (κ3) is 3.72. The number of aromatic amines is 1. The summed E-state index contributed by atoms with van der Waals surface area (Å²) >= 11 is 0. The van der Waals surface area contributed by atoms with Gasteiger partial charge in [0, 0.05) is 37.9 Å². The first-order valence-electron chi connectivity index (χ1n) is 13.3. The van der Waals surface area contributed by atoms with E-state index in [1.54, 1.807) is 6.07 Å². The Morgan fingerprint density at radius 3 is 2.58 bits per heavy atom. The molecule has 8 rings (SSSR count). The first-order chi connectivity index (χ1) is 17.6. The van der Waals surface area contributed by atoms with Crippen LogP contribution in [0.25, 0.3) is 10.9 Å². The predicted octanol–water partition coefficient (Wildman–Crippen LogP) is 3.98. The van der Waals surface area contributed by atoms with Gasteiger partial charge in [0.2, 0.25) is 0 Å². The zero-order chi connectivity index (χ0) is 24.3. The van der Waals surface area contributed by atoms with Crippen LogP contribution in [0.4, 0.5) is 5.69 Å². The van der Waals surface area contributed by atoms with Crippen LogP contribution >= 0.6 is 0 Å². The quantitative estimate of drug-likeness (QED) is 0.436. The van der Waals surface area contributed by atoms with E-state index in [2.05, 4.69) is 25.8 Å². The normalized spacial score (nSPS) is 29.2. The van der Waals surface area contributed by atoms with Crippen LogP contribution in [0.5, 0.6) is 5.75 Å². The van der Waals surface area contributed by atoms with Gasteiger partial charge in [-0.25, -0.2) is 4.98 Å². The largest absolute Gasteiger partial charge is 0.426 e. The molecule has 4 aliphatic carbocycles. The average molecular weight is 485 g/mol. The van der Waals surface area contributed by atoms with Gasteiger partial charge in [-0.3, -0.25) is 14.5 Å². The summed E-state index contributed by atoms with van der Waals surface area (Å²) in [5.74, 6) is 3.39. The molecule has 4 saturated carbocycles. The number of aromatic nitrogens is 2. The lowest BCUT2D eigenvalue weighted by Gasteiger charge is -2.36. The molecular weight excluding hydrogens is 452 g/mol. The van der Waals surface area contributed by atoms with E-state index in [-0.39, 0.29) is 16.9 Å². The van der Waals surface area contributed by atoms with Gasteiger partial charge in [-0.15, -0.1) is 0 Å². The minimum absolute atomic E-state index is 0.0102. The molecule has 1 saturated heterocycles. The standard InChI is InChI=1S/C29H32N4O3/c34-27-24-6-1-2-7-25(24)30-26(31-27)18-32-8-10-33(11-9-32)22-4-3-5-23(15-22)36-28(35)29-16-19-12-20(17-29)14-21(29)13-19/h1-7,15,19-21H,8-14,16-18H2,(H,30,31,34). The first-order valence-corrected chi connectivity index (χ1v) is 13.3. The van der Waals surface area contributed by atoms with Crippen LogP contribution in [0.3, 0.4) is 0 Å². The van der Waals surface area contributed by atoms with Crippen LogP contribution in [-0.2, 0) is 11.3 Å². The van der Waals surface area contributed by atoms with Crippen molar-refractivity contribution in [1.82, 2.24) is 14.9 Å². The lowest BCUT2D eigenvalue weighted by Crippen LogP contribution is -2.46. The molecular formula is C29H32N4O3. The minimum atomic E-state index is -0.215. The van der Waals surface area contributed by atoms with Crippen LogP contribution in [0.15, 0.2) is 53.3 Å². The van der Waals surface area contributed by atoms with Crippen molar-refractivity contribution in [2.45, 2.75) is 38.6 Å². The third-order valence-corrected chi connectivity index (χ3v) is 9.20. The molecule has 1 N–H and O–H groups in total. The van der Waals surface area contributed by atoms with Gasteiger partial charge in [0.25, 0.3) is 5.56 Å². The molecule has 2 heterocycles. The van der Waals surface area contributed by atoms with Crippen molar-refractivity contribution < 1.29 is 9.53 Å². The summed E-state index contributed by atoms with van der Waals surface area (Å²) < 4.78 is 6.03. The van der Waals surface area contributed by atoms with Gasteiger partial charge in [-0.2, -0.15) is 0 Å². The van der Waals surface area contributed by atoms with Crippen LogP contribution in [0.2, 0.25) is 0 Å². The van der Waals surface area contributed by atoms with Crippen LogP contribution in [-0.4, -0.2) is 47.0 Å². The van der Waals surface area contributed by atoms with Crippen molar-refractivity contribution in [2.75, 3.05) is 31.1 Å². The van der Waals surface area contributed by atoms with Gasteiger partial charge in [0.15, 0.2) is 0 Å². The van der Waals surface area contributed by atoms with Crippen molar-refractivity contribution in [1.29, 1.82) is 0 Å². The van der Waals surface area contributed by atoms with E-state index < -0.39 is 0 Å². The number of carbonyl (C=O) groups is 1. The summed E-state index contributed by atoms with van der Waals surface area (Å²) in [5.41, 5.74) is 1.53. The topological polar surface area (TPSA) is 78.5 Å². The van der Waals surface area contributed by atoms with Gasteiger partial charge >= 0.3 is 5.97 Å². The number of esters is 1. The number of nitrogens with one attached hydrogen (secondary N) is 1. The molecule has 0 amide bonds. The number of anilines is 1. The SMILES string of the molecule is O=C(Oc1cccc(N2CCN(Cc3nc4ccccc4c(=O)[nH]3)CC2)c1)C12CC3CC(CC1C3)C2. The van der Waals surface area contributed by atoms with Crippen LogP contribution in [0.1, 0.15) is 37.9 Å². The number of rotatable bonds is 5. The Labute approximate surface area is 210 Å². The van der Waals surface area contributed by atoms with Crippen LogP contribution in [0, 0.1) is 23.2 Å². The third-order valence-electron chi connectivity index (χ3n) is 9.20. The first kappa shape index (κ1) is 22.0. The van der Waals surface area contributed by atoms with Crippen LogP contribution < -0.4 is 15.2 Å². The molecule has 36 heavy (non-hydrogen) atoms. The number of fused-ring (bicyclic) bond motifs is 1. The molecule has 1 aromatic heterocycles. The molecule has 0 radical (unpaired) electrons. The lowest BCUT2D eigenvalue weighted by molar-refractivity contribution is -0.147. The minimum Gasteiger partial charge on any atom is -0.426 e. The summed E-state index contributed by atoms with van der Waals surface area (Å²) in [5, 5.41) is 0.624. The van der Waals surface area contributed by atoms with Crippen molar-refractivity contribution >= 4 is 22.6 Å². The van der Waals surface area contributed by atoms with E-state index in [9.17, 15) is 9.59 Å². The van der Waals surface area contributed by atoms with E-state index in [1.807, 2.05) is 36.4 Å². The molecule has 7 heteroatoms. The fourth-order valence-electron chi connectivity index (χ4n) is 7.67. The smallest absolute Gasteiger partial charge is 0.317 e. The second kappa shape index (κ2) is 8.44. The fourth-order valence-corrected chi connectivity index (χ4v) is 7.67. The molecule has 186 valence electrons. The number of nitrogens with zero attached hydrogens (tertiary/aromatic N) is 3. The average Bonchev–Trinajstić information content (AvgIpc) is 3.29. The summed E-state index contributed by atoms with van der Waals surface area (Å²) in [7, 11) is 0. The number of hydrogen-bond donors (Lipinski definition) is 1. The van der Waals surface area contributed by atoms with Crippen molar-refractivity contribution in [2.24, 2.45) is 23.2 Å². The van der Waals surface area contributed by atoms with Gasteiger partial charge in [-0.1, -0.05) is 18.2 Å². The Balaban J connectivity index is 0.993. The summed E-state index contributed by atoms with van der Waals surface area (Å²) in [6.45, 7) is 4.09. The molecule has 7 nitrogen and oxygen atoms in total. The Bertz CT molecular complexity index is 1360. The van der Waals surface area contributed by atoms with E-state index in [0.29, 0.717) is 29.4 Å². The number of H-pyrrole nitrogens is 1. The monoisotopic (exact) mass is 484 g/mol. The molecule has 2 aromatic carbocycles. The molecule has 1 aliphatic heterocycles. The number of carbonyl (C=O) groups excluding carboxylic acids is 1. The Hall–Kier alpha value is -3.19. The maximum atomic E-state index is 13.3. The van der Waals surface area contributed by atoms with E-state index in [4.69, 9.17) is 4.74 Å². The molecule has 5 aliphatic rings. The number of para-hydroxylation sites is 1. The second-order valence-electron chi connectivity index (χ2n) is 11.4. The van der Waals surface area contributed by atoms with Crippen molar-refractivity contribution in [3.05, 3.63) is 64.7 Å². The highest BCUT2D eigenvalue weighted by molar-refractivity contribution is 5.81. The molecule has 3 aromatic rings. The Kier molecular flexibility index (Phi) is 5.17. The highest BCUT2D eigenvalue weighted by Crippen LogP contribution is 2.65. The summed E-state index contributed by atoms with van der Waals surface area (Å²) in [6, 6.07) is 15.5. The molecule has 4 bridgehead atoms. The summed E-state index contributed by atoms with van der Waals surface area (Å²) in [4.78, 5) is 38.0. The van der Waals surface area contributed by atoms with Gasteiger partial charge < -0.3 is 14.6 Å². The Morgan fingerprint density at radius 2 is 1.78 bits per heavy atom. The van der Waals surface area contributed by atoms with E-state index >= 15 is 0 Å². The predicted molar refractivity (Wildman–Crippen MR) is 138 cm³/mol. The maximum Gasteiger partial charge on any atom is 0.317 e. The Morgan fingerprint density at radius 1 is 1.00 bits per heavy atom.